The number of nitrogens with zero attached hydrogens (tertiary/aromatic N) is 2. The van der Waals surface area contributed by atoms with Crippen LogP contribution in [0.5, 0.6) is 5.75 Å². The Morgan fingerprint density at radius 2 is 1.51 bits per heavy atom. The quantitative estimate of drug-likeness (QED) is 0.298. The average Bonchev–Trinajstić information content (AvgIpc) is 2.97. The van der Waals surface area contributed by atoms with Gasteiger partial charge >= 0.3 is 0 Å². The number of anilines is 1. The Morgan fingerprint density at radius 1 is 0.902 bits per heavy atom. The highest BCUT2D eigenvalue weighted by Crippen LogP contribution is 2.27. The van der Waals surface area contributed by atoms with Crippen molar-refractivity contribution in [2.24, 2.45) is 0 Å². The van der Waals surface area contributed by atoms with E-state index in [9.17, 15) is 18.0 Å². The zero-order chi connectivity index (χ0) is 30.2. The molecule has 0 spiro atoms. The summed E-state index contributed by atoms with van der Waals surface area (Å²) in [5.41, 5.74) is 3.12. The first-order chi connectivity index (χ1) is 19.5. The largest absolute Gasteiger partial charge is 0.497 e. The SMILES string of the molecule is CCCNC(=O)C(C)N(Cc1ccc(OC)cc1)C(=O)CN(c1ccc(C(C)C)cc1)S(=O)(=O)c1ccc(C)cc1. The van der Waals surface area contributed by atoms with E-state index in [-0.39, 0.29) is 23.3 Å². The summed E-state index contributed by atoms with van der Waals surface area (Å²) in [5, 5.41) is 2.85. The minimum Gasteiger partial charge on any atom is -0.497 e. The Morgan fingerprint density at radius 3 is 2.05 bits per heavy atom. The fraction of sp³-hybridized carbons (Fsp3) is 0.375. The summed E-state index contributed by atoms with van der Waals surface area (Å²) in [7, 11) is -2.53. The lowest BCUT2D eigenvalue weighted by molar-refractivity contribution is -0.139. The summed E-state index contributed by atoms with van der Waals surface area (Å²) in [6, 6.07) is 20.1. The summed E-state index contributed by atoms with van der Waals surface area (Å²) in [5.74, 6) is 0.127. The molecule has 41 heavy (non-hydrogen) atoms. The van der Waals surface area contributed by atoms with Gasteiger partial charge in [-0.15, -0.1) is 0 Å². The average molecular weight is 580 g/mol. The fourth-order valence-corrected chi connectivity index (χ4v) is 5.71. The molecule has 3 aromatic carbocycles. The van der Waals surface area contributed by atoms with Gasteiger partial charge in [-0.1, -0.05) is 62.7 Å². The number of methoxy groups -OCH3 is 1. The van der Waals surface area contributed by atoms with Gasteiger partial charge in [0.1, 0.15) is 18.3 Å². The van der Waals surface area contributed by atoms with Crippen molar-refractivity contribution in [1.29, 1.82) is 0 Å². The number of benzene rings is 3. The molecule has 1 atom stereocenters. The van der Waals surface area contributed by atoms with Crippen molar-refractivity contribution >= 4 is 27.5 Å². The number of aryl methyl sites for hydroxylation is 1. The van der Waals surface area contributed by atoms with Crippen LogP contribution in [-0.2, 0) is 26.2 Å². The molecule has 1 unspecified atom stereocenters. The maximum atomic E-state index is 14.0. The molecule has 9 heteroatoms. The lowest BCUT2D eigenvalue weighted by atomic mass is 10.0. The van der Waals surface area contributed by atoms with Crippen LogP contribution >= 0.6 is 0 Å². The second-order valence-electron chi connectivity index (χ2n) is 10.4. The van der Waals surface area contributed by atoms with E-state index < -0.39 is 28.5 Å². The van der Waals surface area contributed by atoms with Gasteiger partial charge in [-0.3, -0.25) is 13.9 Å². The van der Waals surface area contributed by atoms with Crippen LogP contribution < -0.4 is 14.4 Å². The van der Waals surface area contributed by atoms with Crippen LogP contribution in [-0.4, -0.2) is 51.4 Å². The van der Waals surface area contributed by atoms with E-state index in [2.05, 4.69) is 19.2 Å². The second-order valence-corrected chi connectivity index (χ2v) is 12.3. The van der Waals surface area contributed by atoms with Crippen LogP contribution in [0.1, 0.15) is 56.7 Å². The van der Waals surface area contributed by atoms with E-state index in [1.807, 2.05) is 38.1 Å². The molecule has 220 valence electrons. The van der Waals surface area contributed by atoms with Gasteiger partial charge in [-0.05, 0) is 73.7 Å². The predicted molar refractivity (Wildman–Crippen MR) is 163 cm³/mol. The van der Waals surface area contributed by atoms with E-state index in [0.717, 1.165) is 27.4 Å². The number of amides is 2. The number of hydrogen-bond donors (Lipinski definition) is 1. The molecule has 0 aromatic heterocycles. The molecule has 0 fully saturated rings. The van der Waals surface area contributed by atoms with E-state index >= 15 is 0 Å². The van der Waals surface area contributed by atoms with Gasteiger partial charge in [0.05, 0.1) is 17.7 Å². The molecule has 3 rings (SSSR count). The number of carbonyl (C=O) groups excluding carboxylic acids is 2. The van der Waals surface area contributed by atoms with Crippen LogP contribution in [0.2, 0.25) is 0 Å². The maximum Gasteiger partial charge on any atom is 0.264 e. The van der Waals surface area contributed by atoms with Crippen molar-refractivity contribution in [2.75, 3.05) is 24.5 Å². The number of rotatable bonds is 13. The zero-order valence-electron chi connectivity index (χ0n) is 24.8. The number of sulfonamides is 1. The number of nitrogens with one attached hydrogen (secondary N) is 1. The van der Waals surface area contributed by atoms with Crippen LogP contribution in [0.25, 0.3) is 0 Å². The normalized spacial score (nSPS) is 12.1. The molecular formula is C32H41N3O5S. The Labute approximate surface area is 244 Å². The molecule has 0 saturated heterocycles. The molecule has 2 amide bonds. The van der Waals surface area contributed by atoms with Crippen LogP contribution in [0.15, 0.2) is 77.7 Å². The van der Waals surface area contributed by atoms with E-state index in [1.165, 1.54) is 4.90 Å². The lowest BCUT2D eigenvalue weighted by Gasteiger charge is -2.32. The molecule has 0 bridgehead atoms. The van der Waals surface area contributed by atoms with Gasteiger partial charge < -0.3 is 15.0 Å². The minimum absolute atomic E-state index is 0.0827. The summed E-state index contributed by atoms with van der Waals surface area (Å²) in [6.07, 6.45) is 0.750. The molecule has 0 aliphatic rings. The summed E-state index contributed by atoms with van der Waals surface area (Å²) >= 11 is 0. The first kappa shape index (κ1) is 31.7. The predicted octanol–water partition coefficient (Wildman–Crippen LogP) is 5.27. The standard InChI is InChI=1S/C32H41N3O5S/c1-7-20-33-32(37)25(5)34(21-26-10-16-29(40-6)17-11-26)31(36)22-35(28-14-12-27(13-15-28)23(2)3)41(38,39)30-18-8-24(4)9-19-30/h8-19,23,25H,7,20-22H2,1-6H3,(H,33,37). The smallest absolute Gasteiger partial charge is 0.264 e. The molecular weight excluding hydrogens is 538 g/mol. The van der Waals surface area contributed by atoms with E-state index in [0.29, 0.717) is 18.0 Å². The molecule has 0 heterocycles. The Bertz CT molecular complexity index is 1400. The molecule has 0 radical (unpaired) electrons. The van der Waals surface area contributed by atoms with Crippen LogP contribution in [0.4, 0.5) is 5.69 Å². The third kappa shape index (κ3) is 8.10. The number of carbonyl (C=O) groups is 2. The van der Waals surface area contributed by atoms with Crippen molar-refractivity contribution in [3.63, 3.8) is 0 Å². The molecule has 3 aromatic rings. The van der Waals surface area contributed by atoms with Gasteiger partial charge in [0.2, 0.25) is 11.8 Å². The van der Waals surface area contributed by atoms with E-state index in [1.54, 1.807) is 62.6 Å². The van der Waals surface area contributed by atoms with Gasteiger partial charge in [0.15, 0.2) is 0 Å². The van der Waals surface area contributed by atoms with Gasteiger partial charge in [-0.2, -0.15) is 0 Å². The third-order valence-electron chi connectivity index (χ3n) is 6.96. The van der Waals surface area contributed by atoms with Crippen molar-refractivity contribution in [1.82, 2.24) is 10.2 Å². The fourth-order valence-electron chi connectivity index (χ4n) is 4.30. The van der Waals surface area contributed by atoms with Crippen molar-refractivity contribution in [3.05, 3.63) is 89.5 Å². The highest BCUT2D eigenvalue weighted by atomic mass is 32.2. The minimum atomic E-state index is -4.11. The first-order valence-electron chi connectivity index (χ1n) is 13.9. The summed E-state index contributed by atoms with van der Waals surface area (Å²) < 4.78 is 34.3. The zero-order valence-corrected chi connectivity index (χ0v) is 25.6. The van der Waals surface area contributed by atoms with Crippen molar-refractivity contribution in [3.8, 4) is 5.75 Å². The van der Waals surface area contributed by atoms with Crippen molar-refractivity contribution in [2.45, 2.75) is 64.4 Å². The van der Waals surface area contributed by atoms with E-state index in [4.69, 9.17) is 4.74 Å². The molecule has 0 aliphatic heterocycles. The Hall–Kier alpha value is -3.85. The van der Waals surface area contributed by atoms with Gasteiger partial charge in [0, 0.05) is 13.1 Å². The van der Waals surface area contributed by atoms with Crippen molar-refractivity contribution < 1.29 is 22.7 Å². The van der Waals surface area contributed by atoms with Crippen LogP contribution in [0.3, 0.4) is 0 Å². The monoisotopic (exact) mass is 579 g/mol. The van der Waals surface area contributed by atoms with Gasteiger partial charge in [0.25, 0.3) is 10.0 Å². The first-order valence-corrected chi connectivity index (χ1v) is 15.3. The van der Waals surface area contributed by atoms with Crippen LogP contribution in [0, 0.1) is 6.92 Å². The second kappa shape index (κ2) is 14.2. The Kier molecular flexibility index (Phi) is 10.9. The highest BCUT2D eigenvalue weighted by molar-refractivity contribution is 7.92. The summed E-state index contributed by atoms with van der Waals surface area (Å²) in [4.78, 5) is 28.5. The maximum absolute atomic E-state index is 14.0. The molecule has 0 aliphatic carbocycles. The lowest BCUT2D eigenvalue weighted by Crippen LogP contribution is -2.51. The number of hydrogen-bond acceptors (Lipinski definition) is 5. The third-order valence-corrected chi connectivity index (χ3v) is 8.75. The summed E-state index contributed by atoms with van der Waals surface area (Å²) in [6.45, 7) is 9.72. The number of ether oxygens (including phenoxy) is 1. The highest BCUT2D eigenvalue weighted by Gasteiger charge is 2.32. The Balaban J connectivity index is 2.02. The van der Waals surface area contributed by atoms with Gasteiger partial charge in [-0.25, -0.2) is 8.42 Å². The molecule has 8 nitrogen and oxygen atoms in total. The molecule has 0 saturated carbocycles. The topological polar surface area (TPSA) is 96.0 Å². The molecule has 1 N–H and O–H groups in total.